The summed E-state index contributed by atoms with van der Waals surface area (Å²) in [4.78, 5) is 8.93. The zero-order valence-corrected chi connectivity index (χ0v) is 18.3. The lowest BCUT2D eigenvalue weighted by Crippen LogP contribution is -2.41. The van der Waals surface area contributed by atoms with Crippen LogP contribution in [0, 0.1) is 5.92 Å². The van der Waals surface area contributed by atoms with Crippen molar-refractivity contribution in [3.63, 3.8) is 0 Å². The summed E-state index contributed by atoms with van der Waals surface area (Å²) in [6.07, 6.45) is 4.73. The molecule has 1 heterocycles. The summed E-state index contributed by atoms with van der Waals surface area (Å²) in [6, 6.07) is 0. The van der Waals surface area contributed by atoms with Gasteiger partial charge in [0.2, 0.25) is 0 Å². The maximum Gasteiger partial charge on any atom is 0.193 e. The second-order valence-electron chi connectivity index (χ2n) is 6.39. The minimum absolute atomic E-state index is 0. The predicted molar refractivity (Wildman–Crippen MR) is 112 cm³/mol. The van der Waals surface area contributed by atoms with Crippen molar-refractivity contribution in [1.29, 1.82) is 0 Å². The van der Waals surface area contributed by atoms with Crippen LogP contribution in [0.15, 0.2) is 4.99 Å². The summed E-state index contributed by atoms with van der Waals surface area (Å²) in [5, 5.41) is 3.46. The Balaban J connectivity index is 0.00000529. The molecular formula is C17H37IN4O2. The standard InChI is InChI=1S/C17H36N4O2.HI/c1-18-17(19-9-5-10-20(2)12-15-22-4)21(3)11-6-16-7-13-23-14-8-16;/h16H,5-15H2,1-4H3,(H,18,19);1H. The number of nitrogens with zero attached hydrogens (tertiary/aromatic N) is 3. The summed E-state index contributed by atoms with van der Waals surface area (Å²) in [7, 11) is 7.86. The summed E-state index contributed by atoms with van der Waals surface area (Å²) < 4.78 is 10.5. The number of ether oxygens (including phenoxy) is 2. The highest BCUT2D eigenvalue weighted by molar-refractivity contribution is 14.0. The van der Waals surface area contributed by atoms with Crippen LogP contribution in [0.2, 0.25) is 0 Å². The first-order valence-corrected chi connectivity index (χ1v) is 8.84. The number of methoxy groups -OCH3 is 1. The van der Waals surface area contributed by atoms with Crippen molar-refractivity contribution in [2.24, 2.45) is 10.9 Å². The van der Waals surface area contributed by atoms with E-state index in [4.69, 9.17) is 9.47 Å². The number of hydrogen-bond acceptors (Lipinski definition) is 4. The van der Waals surface area contributed by atoms with Gasteiger partial charge in [-0.25, -0.2) is 0 Å². The molecule has 1 aliphatic heterocycles. The van der Waals surface area contributed by atoms with Crippen LogP contribution >= 0.6 is 24.0 Å². The van der Waals surface area contributed by atoms with Gasteiger partial charge in [0.15, 0.2) is 5.96 Å². The molecule has 0 atom stereocenters. The average molecular weight is 456 g/mol. The highest BCUT2D eigenvalue weighted by atomic mass is 127. The molecule has 0 saturated carbocycles. The molecule has 7 heteroatoms. The van der Waals surface area contributed by atoms with Gasteiger partial charge < -0.3 is 24.6 Å². The Morgan fingerprint density at radius 3 is 2.54 bits per heavy atom. The number of aliphatic imine (C=N–C) groups is 1. The molecule has 1 rings (SSSR count). The normalized spacial score (nSPS) is 16.1. The number of hydrogen-bond donors (Lipinski definition) is 1. The third-order valence-corrected chi connectivity index (χ3v) is 4.46. The van der Waals surface area contributed by atoms with E-state index in [-0.39, 0.29) is 24.0 Å². The lowest BCUT2D eigenvalue weighted by Gasteiger charge is -2.27. The Hall–Kier alpha value is -0.120. The molecule has 0 spiro atoms. The lowest BCUT2D eigenvalue weighted by molar-refractivity contribution is 0.0625. The van der Waals surface area contributed by atoms with Gasteiger partial charge in [-0.1, -0.05) is 0 Å². The molecule has 0 unspecified atom stereocenters. The largest absolute Gasteiger partial charge is 0.383 e. The maximum absolute atomic E-state index is 5.42. The van der Waals surface area contributed by atoms with Crippen molar-refractivity contribution >= 4 is 29.9 Å². The molecule has 0 bridgehead atoms. The van der Waals surface area contributed by atoms with Crippen LogP contribution in [0.1, 0.15) is 25.7 Å². The molecule has 0 aromatic rings. The van der Waals surface area contributed by atoms with E-state index in [2.05, 4.69) is 34.2 Å². The topological polar surface area (TPSA) is 49.3 Å². The SMILES string of the molecule is CN=C(NCCCN(C)CCOC)N(C)CCC1CCOCC1.I. The van der Waals surface area contributed by atoms with Crippen LogP contribution in [0.5, 0.6) is 0 Å². The second kappa shape index (κ2) is 15.2. The van der Waals surface area contributed by atoms with E-state index in [9.17, 15) is 0 Å². The number of halogens is 1. The third-order valence-electron chi connectivity index (χ3n) is 4.46. The van der Waals surface area contributed by atoms with E-state index in [0.717, 1.165) is 64.3 Å². The fraction of sp³-hybridized carbons (Fsp3) is 0.941. The van der Waals surface area contributed by atoms with Crippen molar-refractivity contribution in [1.82, 2.24) is 15.1 Å². The zero-order valence-electron chi connectivity index (χ0n) is 15.9. The summed E-state index contributed by atoms with van der Waals surface area (Å²) in [6.45, 7) is 6.70. The fourth-order valence-electron chi connectivity index (χ4n) is 2.81. The Morgan fingerprint density at radius 1 is 1.21 bits per heavy atom. The molecule has 1 aliphatic rings. The predicted octanol–water partition coefficient (Wildman–Crippen LogP) is 1.90. The molecule has 6 nitrogen and oxygen atoms in total. The molecule has 144 valence electrons. The highest BCUT2D eigenvalue weighted by Gasteiger charge is 2.15. The van der Waals surface area contributed by atoms with Crippen molar-refractivity contribution in [2.75, 3.05) is 74.3 Å². The molecule has 0 aliphatic carbocycles. The van der Waals surface area contributed by atoms with Crippen LogP contribution in [0.4, 0.5) is 0 Å². The Morgan fingerprint density at radius 2 is 1.92 bits per heavy atom. The van der Waals surface area contributed by atoms with Gasteiger partial charge in [-0.15, -0.1) is 24.0 Å². The Bertz CT molecular complexity index is 326. The fourth-order valence-corrected chi connectivity index (χ4v) is 2.81. The molecule has 1 fully saturated rings. The van der Waals surface area contributed by atoms with Crippen molar-refractivity contribution in [3.05, 3.63) is 0 Å². The summed E-state index contributed by atoms with van der Waals surface area (Å²) in [5.74, 6) is 1.80. The first-order chi connectivity index (χ1) is 11.2. The number of rotatable bonds is 10. The molecular weight excluding hydrogens is 419 g/mol. The van der Waals surface area contributed by atoms with Crippen molar-refractivity contribution in [2.45, 2.75) is 25.7 Å². The van der Waals surface area contributed by atoms with E-state index in [1.165, 1.54) is 19.3 Å². The minimum atomic E-state index is 0. The second-order valence-corrected chi connectivity index (χ2v) is 6.39. The van der Waals surface area contributed by atoms with Crippen LogP contribution in [0.25, 0.3) is 0 Å². The first kappa shape index (κ1) is 23.9. The smallest absolute Gasteiger partial charge is 0.193 e. The van der Waals surface area contributed by atoms with Gasteiger partial charge in [0.05, 0.1) is 6.61 Å². The van der Waals surface area contributed by atoms with Crippen LogP contribution in [0.3, 0.4) is 0 Å². The lowest BCUT2D eigenvalue weighted by atomic mass is 9.96. The Kier molecular flexibility index (Phi) is 15.1. The molecule has 0 aromatic carbocycles. The summed E-state index contributed by atoms with van der Waals surface area (Å²) in [5.41, 5.74) is 0. The van der Waals surface area contributed by atoms with Gasteiger partial charge >= 0.3 is 0 Å². The average Bonchev–Trinajstić information content (AvgIpc) is 2.58. The number of likely N-dealkylation sites (N-methyl/N-ethyl adjacent to an activating group) is 1. The maximum atomic E-state index is 5.42. The monoisotopic (exact) mass is 456 g/mol. The van der Waals surface area contributed by atoms with Gasteiger partial charge in [0, 0.05) is 54.1 Å². The quantitative estimate of drug-likeness (QED) is 0.236. The minimum Gasteiger partial charge on any atom is -0.383 e. The van der Waals surface area contributed by atoms with Gasteiger partial charge in [0.25, 0.3) is 0 Å². The molecule has 1 saturated heterocycles. The molecule has 0 aromatic heterocycles. The van der Waals surface area contributed by atoms with Gasteiger partial charge in [-0.3, -0.25) is 4.99 Å². The van der Waals surface area contributed by atoms with E-state index >= 15 is 0 Å². The van der Waals surface area contributed by atoms with Gasteiger partial charge in [-0.2, -0.15) is 0 Å². The molecule has 0 amide bonds. The molecule has 0 radical (unpaired) electrons. The molecule has 24 heavy (non-hydrogen) atoms. The zero-order chi connectivity index (χ0) is 16.9. The van der Waals surface area contributed by atoms with E-state index in [1.54, 1.807) is 7.11 Å². The summed E-state index contributed by atoms with van der Waals surface area (Å²) >= 11 is 0. The van der Waals surface area contributed by atoms with Gasteiger partial charge in [0.1, 0.15) is 0 Å². The molecule has 1 N–H and O–H groups in total. The third kappa shape index (κ3) is 10.7. The first-order valence-electron chi connectivity index (χ1n) is 8.84. The van der Waals surface area contributed by atoms with E-state index in [0.29, 0.717) is 0 Å². The van der Waals surface area contributed by atoms with E-state index < -0.39 is 0 Å². The van der Waals surface area contributed by atoms with Crippen molar-refractivity contribution in [3.8, 4) is 0 Å². The van der Waals surface area contributed by atoms with Crippen LogP contribution in [-0.2, 0) is 9.47 Å². The Labute approximate surface area is 165 Å². The van der Waals surface area contributed by atoms with E-state index in [1.807, 2.05) is 7.05 Å². The van der Waals surface area contributed by atoms with Crippen molar-refractivity contribution < 1.29 is 9.47 Å². The highest BCUT2D eigenvalue weighted by Crippen LogP contribution is 2.18. The van der Waals surface area contributed by atoms with Crippen LogP contribution < -0.4 is 5.32 Å². The van der Waals surface area contributed by atoms with Gasteiger partial charge in [-0.05, 0) is 45.2 Å². The van der Waals surface area contributed by atoms with Crippen LogP contribution in [-0.4, -0.2) is 90.0 Å². The number of guanidine groups is 1. The number of nitrogens with one attached hydrogen (secondary N) is 1.